The zero-order valence-electron chi connectivity index (χ0n) is 11.6. The Kier molecular flexibility index (Phi) is 5.31. The standard InChI is InChI=1S/C15H21F2NO2/c1-2-18(9-11-3-4-11)10-14(19)12-5-7-13(8-6-12)20-15(16)17/h5-8,11,14-15,19H,2-4,9-10H2,1H3. The third-order valence-corrected chi connectivity index (χ3v) is 3.58. The fourth-order valence-corrected chi connectivity index (χ4v) is 2.22. The molecule has 112 valence electrons. The topological polar surface area (TPSA) is 32.7 Å². The van der Waals surface area contributed by atoms with Crippen LogP contribution in [-0.2, 0) is 0 Å². The quantitative estimate of drug-likeness (QED) is 0.797. The van der Waals surface area contributed by atoms with Crippen LogP contribution in [0.2, 0.25) is 0 Å². The van der Waals surface area contributed by atoms with Crippen molar-refractivity contribution in [3.05, 3.63) is 29.8 Å². The zero-order chi connectivity index (χ0) is 14.5. The lowest BCUT2D eigenvalue weighted by Crippen LogP contribution is -2.30. The highest BCUT2D eigenvalue weighted by molar-refractivity contribution is 5.28. The van der Waals surface area contributed by atoms with Gasteiger partial charge >= 0.3 is 6.61 Å². The van der Waals surface area contributed by atoms with E-state index < -0.39 is 12.7 Å². The van der Waals surface area contributed by atoms with Gasteiger partial charge in [0, 0.05) is 13.1 Å². The molecule has 3 nitrogen and oxygen atoms in total. The highest BCUT2D eigenvalue weighted by Gasteiger charge is 2.24. The van der Waals surface area contributed by atoms with Gasteiger partial charge in [0.15, 0.2) is 0 Å². The molecule has 1 aromatic carbocycles. The summed E-state index contributed by atoms with van der Waals surface area (Å²) >= 11 is 0. The van der Waals surface area contributed by atoms with E-state index in [2.05, 4.69) is 16.6 Å². The first-order valence-electron chi connectivity index (χ1n) is 7.03. The molecule has 2 rings (SSSR count). The lowest BCUT2D eigenvalue weighted by molar-refractivity contribution is -0.0498. The van der Waals surface area contributed by atoms with Crippen molar-refractivity contribution < 1.29 is 18.6 Å². The van der Waals surface area contributed by atoms with Gasteiger partial charge in [-0.25, -0.2) is 0 Å². The van der Waals surface area contributed by atoms with E-state index in [-0.39, 0.29) is 5.75 Å². The second-order valence-electron chi connectivity index (χ2n) is 5.26. The molecular weight excluding hydrogens is 264 g/mol. The number of halogens is 2. The van der Waals surface area contributed by atoms with Gasteiger partial charge in [-0.1, -0.05) is 19.1 Å². The minimum Gasteiger partial charge on any atom is -0.435 e. The van der Waals surface area contributed by atoms with Crippen molar-refractivity contribution in [2.75, 3.05) is 19.6 Å². The van der Waals surface area contributed by atoms with Crippen molar-refractivity contribution >= 4 is 0 Å². The van der Waals surface area contributed by atoms with E-state index in [1.807, 2.05) is 0 Å². The summed E-state index contributed by atoms with van der Waals surface area (Å²) in [5.41, 5.74) is 0.723. The largest absolute Gasteiger partial charge is 0.435 e. The van der Waals surface area contributed by atoms with Gasteiger partial charge in [-0.05, 0) is 43.0 Å². The van der Waals surface area contributed by atoms with Gasteiger partial charge in [-0.15, -0.1) is 0 Å². The predicted molar refractivity (Wildman–Crippen MR) is 72.9 cm³/mol. The van der Waals surface area contributed by atoms with Gasteiger partial charge < -0.3 is 14.7 Å². The van der Waals surface area contributed by atoms with Crippen molar-refractivity contribution in [2.45, 2.75) is 32.5 Å². The summed E-state index contributed by atoms with van der Waals surface area (Å²) in [5.74, 6) is 0.894. The van der Waals surface area contributed by atoms with Crippen LogP contribution in [0.5, 0.6) is 5.75 Å². The van der Waals surface area contributed by atoms with E-state index in [1.54, 1.807) is 12.1 Å². The summed E-state index contributed by atoms with van der Waals surface area (Å²) in [7, 11) is 0. The van der Waals surface area contributed by atoms with Crippen molar-refractivity contribution in [3.63, 3.8) is 0 Å². The molecular formula is C15H21F2NO2. The number of hydrogen-bond donors (Lipinski definition) is 1. The van der Waals surface area contributed by atoms with Crippen molar-refractivity contribution in [1.29, 1.82) is 0 Å². The zero-order valence-corrected chi connectivity index (χ0v) is 11.6. The van der Waals surface area contributed by atoms with Gasteiger partial charge in [0.2, 0.25) is 0 Å². The molecule has 0 bridgehead atoms. The van der Waals surface area contributed by atoms with Crippen LogP contribution in [0.25, 0.3) is 0 Å². The molecule has 0 saturated heterocycles. The number of aliphatic hydroxyl groups excluding tert-OH is 1. The summed E-state index contributed by atoms with van der Waals surface area (Å²) in [4.78, 5) is 2.23. The van der Waals surface area contributed by atoms with Gasteiger partial charge in [0.05, 0.1) is 6.10 Å². The maximum atomic E-state index is 12.0. The Bertz CT molecular complexity index is 407. The van der Waals surface area contributed by atoms with Gasteiger partial charge in [0.25, 0.3) is 0 Å². The molecule has 0 aliphatic heterocycles. The average Bonchev–Trinajstić information content (AvgIpc) is 3.22. The number of aliphatic hydroxyl groups is 1. The molecule has 20 heavy (non-hydrogen) atoms. The second-order valence-corrected chi connectivity index (χ2v) is 5.26. The maximum absolute atomic E-state index is 12.0. The number of alkyl halides is 2. The predicted octanol–water partition coefficient (Wildman–Crippen LogP) is 3.05. The molecule has 0 radical (unpaired) electrons. The van der Waals surface area contributed by atoms with Crippen LogP contribution < -0.4 is 4.74 Å². The van der Waals surface area contributed by atoms with Crippen molar-refractivity contribution in [2.24, 2.45) is 5.92 Å². The minimum atomic E-state index is -2.82. The first-order valence-corrected chi connectivity index (χ1v) is 7.03. The molecule has 0 heterocycles. The van der Waals surface area contributed by atoms with Crippen molar-refractivity contribution in [1.82, 2.24) is 4.90 Å². The third-order valence-electron chi connectivity index (χ3n) is 3.58. The normalized spacial score (nSPS) is 16.7. The van der Waals surface area contributed by atoms with Gasteiger partial charge in [-0.2, -0.15) is 8.78 Å². The Morgan fingerprint density at radius 2 is 1.95 bits per heavy atom. The monoisotopic (exact) mass is 285 g/mol. The fourth-order valence-electron chi connectivity index (χ4n) is 2.22. The van der Waals surface area contributed by atoms with Crippen LogP contribution in [0.1, 0.15) is 31.4 Å². The molecule has 1 aromatic rings. The fraction of sp³-hybridized carbons (Fsp3) is 0.600. The summed E-state index contributed by atoms with van der Waals surface area (Å²) in [6.45, 7) is 1.76. The number of likely N-dealkylation sites (N-methyl/N-ethyl adjacent to an activating group) is 1. The van der Waals surface area contributed by atoms with Crippen LogP contribution >= 0.6 is 0 Å². The number of nitrogens with zero attached hydrogens (tertiary/aromatic N) is 1. The number of hydrogen-bond acceptors (Lipinski definition) is 3. The number of ether oxygens (including phenoxy) is 1. The number of rotatable bonds is 8. The lowest BCUT2D eigenvalue weighted by atomic mass is 10.1. The van der Waals surface area contributed by atoms with E-state index in [0.29, 0.717) is 6.54 Å². The van der Waals surface area contributed by atoms with E-state index in [0.717, 1.165) is 24.6 Å². The van der Waals surface area contributed by atoms with E-state index >= 15 is 0 Å². The molecule has 5 heteroatoms. The summed E-state index contributed by atoms with van der Waals surface area (Å²) < 4.78 is 28.4. The Hall–Kier alpha value is -1.20. The SMILES string of the molecule is CCN(CC1CC1)CC(O)c1ccc(OC(F)F)cc1. The summed E-state index contributed by atoms with van der Waals surface area (Å²) in [6.07, 6.45) is 1.97. The first kappa shape index (κ1) is 15.2. The molecule has 0 aromatic heterocycles. The lowest BCUT2D eigenvalue weighted by Gasteiger charge is -2.23. The van der Waals surface area contributed by atoms with Crippen molar-refractivity contribution in [3.8, 4) is 5.75 Å². The number of benzene rings is 1. The van der Waals surface area contributed by atoms with Gasteiger partial charge in [-0.3, -0.25) is 0 Å². The molecule has 1 aliphatic carbocycles. The van der Waals surface area contributed by atoms with Crippen LogP contribution in [0, 0.1) is 5.92 Å². The first-order chi connectivity index (χ1) is 9.58. The van der Waals surface area contributed by atoms with Crippen LogP contribution in [0.15, 0.2) is 24.3 Å². The summed E-state index contributed by atoms with van der Waals surface area (Å²) in [6, 6.07) is 6.18. The molecule has 1 unspecified atom stereocenters. The third kappa shape index (κ3) is 4.72. The summed E-state index contributed by atoms with van der Waals surface area (Å²) in [5, 5.41) is 10.2. The van der Waals surface area contributed by atoms with Crippen LogP contribution in [0.4, 0.5) is 8.78 Å². The highest BCUT2D eigenvalue weighted by Crippen LogP contribution is 2.30. The highest BCUT2D eigenvalue weighted by atomic mass is 19.3. The molecule has 1 N–H and O–H groups in total. The molecule has 1 saturated carbocycles. The smallest absolute Gasteiger partial charge is 0.387 e. The van der Waals surface area contributed by atoms with E-state index in [9.17, 15) is 13.9 Å². The second kappa shape index (κ2) is 6.99. The molecule has 0 spiro atoms. The van der Waals surface area contributed by atoms with Gasteiger partial charge in [0.1, 0.15) is 5.75 Å². The molecule has 1 atom stereocenters. The Morgan fingerprint density at radius 1 is 1.30 bits per heavy atom. The average molecular weight is 285 g/mol. The molecule has 1 aliphatic rings. The van der Waals surface area contributed by atoms with Crippen LogP contribution in [0.3, 0.4) is 0 Å². The Labute approximate surface area is 118 Å². The van der Waals surface area contributed by atoms with E-state index in [4.69, 9.17) is 0 Å². The molecule has 1 fully saturated rings. The minimum absolute atomic E-state index is 0.112. The van der Waals surface area contributed by atoms with E-state index in [1.165, 1.54) is 25.0 Å². The molecule has 0 amide bonds. The van der Waals surface area contributed by atoms with Crippen LogP contribution in [-0.4, -0.2) is 36.3 Å². The Balaban J connectivity index is 1.88. The maximum Gasteiger partial charge on any atom is 0.387 e. The Morgan fingerprint density at radius 3 is 2.45 bits per heavy atom.